The average Bonchev–Trinajstić information content (AvgIpc) is 1.99. The fourth-order valence-corrected chi connectivity index (χ4v) is 1.54. The standard InChI is InChI=1S/C5H13NS2/c1-2-4-7-8-5-3-6/h2-6H2,1H3/i3D,4D,5D. The van der Waals surface area contributed by atoms with Gasteiger partial charge in [0.15, 0.2) is 0 Å². The van der Waals surface area contributed by atoms with Gasteiger partial charge >= 0.3 is 0 Å². The predicted octanol–water partition coefficient (Wildman–Crippen LogP) is 1.74. The third kappa shape index (κ3) is 6.66. The first-order chi connectivity index (χ1) is 5.07. The molecule has 0 heterocycles. The predicted molar refractivity (Wildman–Crippen MR) is 44.3 cm³/mol. The van der Waals surface area contributed by atoms with Gasteiger partial charge in [-0.15, -0.1) is 0 Å². The second kappa shape index (κ2) is 7.66. The van der Waals surface area contributed by atoms with Gasteiger partial charge in [-0.1, -0.05) is 28.5 Å². The molecule has 0 saturated heterocycles. The number of nitrogens with two attached hydrogens (primary N) is 1. The van der Waals surface area contributed by atoms with Crippen molar-refractivity contribution < 1.29 is 4.11 Å². The summed E-state index contributed by atoms with van der Waals surface area (Å²) in [5, 5.41) is 0. The molecule has 0 fully saturated rings. The van der Waals surface area contributed by atoms with E-state index < -0.39 is 12.2 Å². The molecule has 0 aromatic rings. The molecule has 8 heavy (non-hydrogen) atoms. The summed E-state index contributed by atoms with van der Waals surface area (Å²) in [6, 6.07) is 0. The molecule has 3 unspecified atom stereocenters. The lowest BCUT2D eigenvalue weighted by Crippen LogP contribution is -1.99. The van der Waals surface area contributed by atoms with Gasteiger partial charge in [0.05, 0.1) is 0 Å². The van der Waals surface area contributed by atoms with E-state index in [0.717, 1.165) is 6.42 Å². The monoisotopic (exact) mass is 154 g/mol. The Hall–Kier alpha value is 0.660. The first kappa shape index (κ1) is 4.47. The summed E-state index contributed by atoms with van der Waals surface area (Å²) in [7, 11) is 2.51. The van der Waals surface area contributed by atoms with Crippen LogP contribution < -0.4 is 5.73 Å². The zero-order valence-corrected chi connectivity index (χ0v) is 6.47. The largest absolute Gasteiger partial charge is 0.330 e. The first-order valence-corrected chi connectivity index (χ1v) is 4.70. The summed E-state index contributed by atoms with van der Waals surface area (Å²) in [6.07, 6.45) is 0.762. The normalized spacial score (nSPS) is 27.0. The minimum absolute atomic E-state index is 0.202. The molecule has 2 N–H and O–H groups in total. The average molecular weight is 154 g/mol. The van der Waals surface area contributed by atoms with Gasteiger partial charge in [-0.05, 0) is 6.42 Å². The summed E-state index contributed by atoms with van der Waals surface area (Å²) >= 11 is 0. The molecule has 0 spiro atoms. The molecule has 3 heteroatoms. The Labute approximate surface area is 63.4 Å². The highest BCUT2D eigenvalue weighted by molar-refractivity contribution is 8.76. The van der Waals surface area contributed by atoms with Crippen LogP contribution in [0.5, 0.6) is 0 Å². The molecule has 0 aromatic carbocycles. The van der Waals surface area contributed by atoms with E-state index in [4.69, 9.17) is 9.85 Å². The first-order valence-electron chi connectivity index (χ1n) is 4.15. The van der Waals surface area contributed by atoms with Crippen LogP contribution in [-0.2, 0) is 0 Å². The number of hydrogen-bond donors (Lipinski definition) is 1. The molecule has 0 radical (unpaired) electrons. The van der Waals surface area contributed by atoms with Gasteiger partial charge in [0.25, 0.3) is 0 Å². The van der Waals surface area contributed by atoms with Crippen molar-refractivity contribution in [2.24, 2.45) is 5.73 Å². The molecule has 0 bridgehead atoms. The third-order valence-corrected chi connectivity index (χ3v) is 2.35. The van der Waals surface area contributed by atoms with E-state index >= 15 is 0 Å². The van der Waals surface area contributed by atoms with Gasteiger partial charge < -0.3 is 5.73 Å². The maximum Gasteiger partial charge on any atom is 0.0434 e. The van der Waals surface area contributed by atoms with Crippen molar-refractivity contribution in [1.29, 1.82) is 0 Å². The zero-order valence-electron chi connectivity index (χ0n) is 7.83. The van der Waals surface area contributed by atoms with Crippen LogP contribution in [0.15, 0.2) is 0 Å². The third-order valence-electron chi connectivity index (χ3n) is 0.424. The van der Waals surface area contributed by atoms with Crippen LogP contribution in [0.3, 0.4) is 0 Å². The van der Waals surface area contributed by atoms with Crippen molar-refractivity contribution in [2.75, 3.05) is 18.0 Å². The maximum atomic E-state index is 7.31. The Balaban J connectivity index is 3.37. The zero-order chi connectivity index (χ0) is 8.85. The topological polar surface area (TPSA) is 26.0 Å². The van der Waals surface area contributed by atoms with Crippen LogP contribution in [0.2, 0.25) is 0 Å². The van der Waals surface area contributed by atoms with E-state index in [1.165, 1.54) is 21.6 Å². The summed E-state index contributed by atoms with van der Waals surface area (Å²) in [5.74, 6) is 0. The molecule has 0 rings (SSSR count). The smallest absolute Gasteiger partial charge is 0.0434 e. The Morgan fingerprint density at radius 3 is 2.62 bits per heavy atom. The van der Waals surface area contributed by atoms with Crippen molar-refractivity contribution in [2.45, 2.75) is 13.3 Å². The van der Waals surface area contributed by atoms with Crippen molar-refractivity contribution >= 4 is 21.6 Å². The Kier molecular flexibility index (Phi) is 4.28. The van der Waals surface area contributed by atoms with Crippen molar-refractivity contribution in [3.63, 3.8) is 0 Å². The lowest BCUT2D eigenvalue weighted by atomic mass is 10.6. The van der Waals surface area contributed by atoms with Crippen LogP contribution in [0.4, 0.5) is 0 Å². The molecule has 0 amide bonds. The van der Waals surface area contributed by atoms with Crippen LogP contribution in [-0.4, -0.2) is 18.0 Å². The van der Waals surface area contributed by atoms with Gasteiger partial charge in [-0.2, -0.15) is 0 Å². The molecule has 3 atom stereocenters. The Morgan fingerprint density at radius 1 is 1.50 bits per heavy atom. The molecule has 1 nitrogen and oxygen atoms in total. The highest BCUT2D eigenvalue weighted by Gasteiger charge is 1.83. The minimum Gasteiger partial charge on any atom is -0.330 e. The lowest BCUT2D eigenvalue weighted by Gasteiger charge is -1.93. The fraction of sp³-hybridized carbons (Fsp3) is 1.00. The van der Waals surface area contributed by atoms with Gasteiger partial charge in [0.1, 0.15) is 0 Å². The molecule has 0 saturated carbocycles. The lowest BCUT2D eigenvalue weighted by molar-refractivity contribution is 1.11. The highest BCUT2D eigenvalue weighted by atomic mass is 33.1. The van der Waals surface area contributed by atoms with E-state index in [1.807, 2.05) is 6.92 Å². The van der Waals surface area contributed by atoms with Gasteiger partial charge in [0, 0.05) is 22.1 Å². The Morgan fingerprint density at radius 2 is 2.12 bits per heavy atom. The van der Waals surface area contributed by atoms with Gasteiger partial charge in [-0.3, -0.25) is 0 Å². The van der Waals surface area contributed by atoms with E-state index in [-0.39, 0.29) is 5.73 Å². The highest BCUT2D eigenvalue weighted by Crippen LogP contribution is 2.20. The van der Waals surface area contributed by atoms with Gasteiger partial charge in [0.2, 0.25) is 0 Å². The summed E-state index contributed by atoms with van der Waals surface area (Å²) in [4.78, 5) is 0. The van der Waals surface area contributed by atoms with Gasteiger partial charge in [-0.25, -0.2) is 0 Å². The van der Waals surface area contributed by atoms with E-state index in [2.05, 4.69) is 0 Å². The quantitative estimate of drug-likeness (QED) is 0.611. The molecular weight excluding hydrogens is 138 g/mol. The van der Waals surface area contributed by atoms with E-state index in [0.29, 0.717) is 0 Å². The maximum absolute atomic E-state index is 7.31. The molecule has 50 valence electrons. The van der Waals surface area contributed by atoms with E-state index in [9.17, 15) is 0 Å². The number of hydrogen-bond acceptors (Lipinski definition) is 3. The van der Waals surface area contributed by atoms with E-state index in [1.54, 1.807) is 0 Å². The summed E-state index contributed by atoms with van der Waals surface area (Å²) in [5.41, 5.74) is 4.31. The molecular formula is C5H13NS2. The summed E-state index contributed by atoms with van der Waals surface area (Å²) in [6.45, 7) is 1.06. The molecule has 0 aromatic heterocycles. The van der Waals surface area contributed by atoms with Crippen molar-refractivity contribution in [3.05, 3.63) is 0 Å². The fourth-order valence-electron chi connectivity index (χ4n) is 0.171. The molecule has 0 aliphatic rings. The van der Waals surface area contributed by atoms with Crippen molar-refractivity contribution in [1.82, 2.24) is 0 Å². The Bertz CT molecular complexity index is 104. The molecule has 0 aliphatic heterocycles. The van der Waals surface area contributed by atoms with Crippen LogP contribution >= 0.6 is 21.6 Å². The minimum atomic E-state index is -0.864. The summed E-state index contributed by atoms with van der Waals surface area (Å²) < 4.78 is 21.5. The van der Waals surface area contributed by atoms with Crippen molar-refractivity contribution in [3.8, 4) is 0 Å². The van der Waals surface area contributed by atoms with Crippen LogP contribution in [0.1, 0.15) is 17.5 Å². The second-order valence-corrected chi connectivity index (χ2v) is 3.24. The second-order valence-electron chi connectivity index (χ2n) is 1.10. The molecule has 0 aliphatic carbocycles. The number of rotatable bonds is 5. The SMILES string of the molecule is [2H]C(CC)SSC([2H])C([2H])N. The van der Waals surface area contributed by atoms with Crippen LogP contribution in [0, 0.1) is 0 Å². The van der Waals surface area contributed by atoms with Crippen LogP contribution in [0.25, 0.3) is 0 Å².